The van der Waals surface area contributed by atoms with Crippen molar-refractivity contribution in [3.8, 4) is 5.75 Å². The zero-order valence-electron chi connectivity index (χ0n) is 11.8. The van der Waals surface area contributed by atoms with Crippen molar-refractivity contribution in [2.75, 3.05) is 7.11 Å². The van der Waals surface area contributed by atoms with Gasteiger partial charge in [0.15, 0.2) is 4.77 Å². The fraction of sp³-hybridized carbons (Fsp3) is 0.188. The number of rotatable bonds is 3. The van der Waals surface area contributed by atoms with Crippen LogP contribution in [0.25, 0.3) is 11.0 Å². The second kappa shape index (κ2) is 5.33. The molecule has 0 radical (unpaired) electrons. The van der Waals surface area contributed by atoms with E-state index >= 15 is 0 Å². The first kappa shape index (κ1) is 13.8. The van der Waals surface area contributed by atoms with Crippen LogP contribution in [0.15, 0.2) is 36.4 Å². The van der Waals surface area contributed by atoms with Gasteiger partial charge < -0.3 is 14.3 Å². The average molecular weight is 302 g/mol. The van der Waals surface area contributed by atoms with Gasteiger partial charge in [-0.15, -0.1) is 0 Å². The lowest BCUT2D eigenvalue weighted by Gasteiger charge is -2.07. The van der Waals surface area contributed by atoms with Crippen LogP contribution in [0.1, 0.15) is 11.1 Å². The molecule has 0 aliphatic rings. The van der Waals surface area contributed by atoms with E-state index in [1.807, 2.05) is 34.9 Å². The summed E-state index contributed by atoms with van der Waals surface area (Å²) in [6.45, 7) is 2.39. The zero-order valence-corrected chi connectivity index (χ0v) is 12.6. The van der Waals surface area contributed by atoms with Crippen molar-refractivity contribution >= 4 is 23.3 Å². The molecule has 0 atom stereocenters. The number of aromatic nitrogens is 2. The number of nitrogens with one attached hydrogen (secondary N) is 1. The first-order chi connectivity index (χ1) is 10.1. The minimum Gasteiger partial charge on any atom is -0.497 e. The number of hydrogen-bond donors (Lipinski definition) is 1. The molecule has 3 aromatic rings. The van der Waals surface area contributed by atoms with E-state index in [9.17, 15) is 4.39 Å². The van der Waals surface area contributed by atoms with Gasteiger partial charge in [0.25, 0.3) is 0 Å². The monoisotopic (exact) mass is 302 g/mol. The van der Waals surface area contributed by atoms with Crippen molar-refractivity contribution in [2.45, 2.75) is 13.5 Å². The third-order valence-electron chi connectivity index (χ3n) is 3.55. The number of aromatic amines is 1. The summed E-state index contributed by atoms with van der Waals surface area (Å²) in [7, 11) is 1.64. The summed E-state index contributed by atoms with van der Waals surface area (Å²) in [4.78, 5) is 3.05. The minimum atomic E-state index is -0.227. The van der Waals surface area contributed by atoms with Crippen LogP contribution < -0.4 is 4.74 Å². The highest BCUT2D eigenvalue weighted by Crippen LogP contribution is 2.21. The summed E-state index contributed by atoms with van der Waals surface area (Å²) in [5.74, 6) is 0.592. The fourth-order valence-electron chi connectivity index (χ4n) is 2.35. The van der Waals surface area contributed by atoms with E-state index in [2.05, 4.69) is 4.98 Å². The van der Waals surface area contributed by atoms with E-state index in [1.165, 1.54) is 6.07 Å². The number of nitrogens with zero attached hydrogens (tertiary/aromatic N) is 1. The highest BCUT2D eigenvalue weighted by molar-refractivity contribution is 7.71. The van der Waals surface area contributed by atoms with Gasteiger partial charge in [-0.05, 0) is 54.5 Å². The molecule has 5 heteroatoms. The van der Waals surface area contributed by atoms with Crippen LogP contribution in [0.5, 0.6) is 5.75 Å². The molecule has 1 aromatic heterocycles. The molecule has 21 heavy (non-hydrogen) atoms. The number of aryl methyl sites for hydroxylation is 1. The number of H-pyrrole nitrogens is 1. The summed E-state index contributed by atoms with van der Waals surface area (Å²) in [5.41, 5.74) is 3.35. The topological polar surface area (TPSA) is 29.9 Å². The summed E-state index contributed by atoms with van der Waals surface area (Å²) in [5, 5.41) is 0. The molecule has 0 saturated carbocycles. The van der Waals surface area contributed by atoms with Crippen molar-refractivity contribution in [3.05, 3.63) is 58.1 Å². The van der Waals surface area contributed by atoms with Gasteiger partial charge in [0.2, 0.25) is 0 Å². The first-order valence-corrected chi connectivity index (χ1v) is 7.01. The highest BCUT2D eigenvalue weighted by atomic mass is 32.1. The third-order valence-corrected chi connectivity index (χ3v) is 3.88. The molecule has 108 valence electrons. The molecule has 0 spiro atoms. The van der Waals surface area contributed by atoms with E-state index in [1.54, 1.807) is 14.0 Å². The van der Waals surface area contributed by atoms with E-state index in [-0.39, 0.29) is 5.82 Å². The van der Waals surface area contributed by atoms with Crippen molar-refractivity contribution in [2.24, 2.45) is 0 Å². The summed E-state index contributed by atoms with van der Waals surface area (Å²) in [6, 6.07) is 11.1. The van der Waals surface area contributed by atoms with E-state index in [4.69, 9.17) is 17.0 Å². The zero-order chi connectivity index (χ0) is 15.0. The molecule has 0 fully saturated rings. The quantitative estimate of drug-likeness (QED) is 0.735. The molecule has 3 nitrogen and oxygen atoms in total. The summed E-state index contributed by atoms with van der Waals surface area (Å²) >= 11 is 5.35. The highest BCUT2D eigenvalue weighted by Gasteiger charge is 2.08. The van der Waals surface area contributed by atoms with Gasteiger partial charge in [-0.1, -0.05) is 12.1 Å². The maximum atomic E-state index is 13.6. The van der Waals surface area contributed by atoms with Crippen LogP contribution in [0.2, 0.25) is 0 Å². The fourth-order valence-corrected chi connectivity index (χ4v) is 2.63. The predicted octanol–water partition coefficient (Wildman–Crippen LogP) is 4.20. The second-order valence-electron chi connectivity index (χ2n) is 4.98. The lowest BCUT2D eigenvalue weighted by Crippen LogP contribution is -2.00. The molecule has 2 aromatic carbocycles. The Labute approximate surface area is 127 Å². The number of imidazole rings is 1. The normalized spacial score (nSPS) is 11.0. The van der Waals surface area contributed by atoms with Crippen molar-refractivity contribution in [1.82, 2.24) is 9.55 Å². The van der Waals surface area contributed by atoms with Gasteiger partial charge in [-0.25, -0.2) is 4.39 Å². The molecule has 0 amide bonds. The van der Waals surface area contributed by atoms with E-state index in [0.29, 0.717) is 16.9 Å². The maximum Gasteiger partial charge on any atom is 0.178 e. The molecule has 0 aliphatic heterocycles. The van der Waals surface area contributed by atoms with Crippen LogP contribution in [0, 0.1) is 17.5 Å². The number of ether oxygens (including phenoxy) is 1. The molecule has 0 bridgehead atoms. The van der Waals surface area contributed by atoms with E-state index < -0.39 is 0 Å². The van der Waals surface area contributed by atoms with Gasteiger partial charge in [-0.2, -0.15) is 0 Å². The molecular weight excluding hydrogens is 287 g/mol. The number of hydrogen-bond acceptors (Lipinski definition) is 2. The molecule has 0 aliphatic carbocycles. The summed E-state index contributed by atoms with van der Waals surface area (Å²) in [6.07, 6.45) is 0. The Hall–Kier alpha value is -2.14. The molecule has 0 unspecified atom stereocenters. The molecule has 1 N–H and O–H groups in total. The average Bonchev–Trinajstić information content (AvgIpc) is 2.76. The maximum absolute atomic E-state index is 13.6. The van der Waals surface area contributed by atoms with Crippen LogP contribution in [-0.4, -0.2) is 16.7 Å². The predicted molar refractivity (Wildman–Crippen MR) is 83.9 cm³/mol. The van der Waals surface area contributed by atoms with Crippen molar-refractivity contribution in [3.63, 3.8) is 0 Å². The molecule has 3 rings (SSSR count). The Morgan fingerprint density at radius 2 is 1.95 bits per heavy atom. The standard InChI is InChI=1S/C16H15FN2OS/c1-10-7-15-14(8-13(10)17)18-16(21)19(15)9-11-3-5-12(20-2)6-4-11/h3-8H,9H2,1-2H3,(H,18,21). The molecule has 0 saturated heterocycles. The van der Waals surface area contributed by atoms with E-state index in [0.717, 1.165) is 22.3 Å². The third kappa shape index (κ3) is 2.56. The van der Waals surface area contributed by atoms with Gasteiger partial charge in [-0.3, -0.25) is 0 Å². The number of fused-ring (bicyclic) bond motifs is 1. The lowest BCUT2D eigenvalue weighted by atomic mass is 10.2. The summed E-state index contributed by atoms with van der Waals surface area (Å²) < 4.78 is 21.3. The Balaban J connectivity index is 2.05. The van der Waals surface area contributed by atoms with Crippen LogP contribution in [-0.2, 0) is 6.54 Å². The lowest BCUT2D eigenvalue weighted by molar-refractivity contribution is 0.414. The van der Waals surface area contributed by atoms with Crippen LogP contribution >= 0.6 is 12.2 Å². The molecule has 1 heterocycles. The van der Waals surface area contributed by atoms with Crippen LogP contribution in [0.4, 0.5) is 4.39 Å². The van der Waals surface area contributed by atoms with Gasteiger partial charge in [0, 0.05) is 0 Å². The molecular formula is C16H15FN2OS. The Morgan fingerprint density at radius 3 is 2.62 bits per heavy atom. The van der Waals surface area contributed by atoms with Crippen molar-refractivity contribution in [1.29, 1.82) is 0 Å². The number of halogens is 1. The Morgan fingerprint density at radius 1 is 1.24 bits per heavy atom. The smallest absolute Gasteiger partial charge is 0.178 e. The minimum absolute atomic E-state index is 0.227. The van der Waals surface area contributed by atoms with Gasteiger partial charge >= 0.3 is 0 Å². The van der Waals surface area contributed by atoms with Gasteiger partial charge in [0.05, 0.1) is 24.7 Å². The Bertz CT molecular complexity index is 849. The van der Waals surface area contributed by atoms with Gasteiger partial charge in [0.1, 0.15) is 11.6 Å². The van der Waals surface area contributed by atoms with Crippen LogP contribution in [0.3, 0.4) is 0 Å². The second-order valence-corrected chi connectivity index (χ2v) is 5.37. The first-order valence-electron chi connectivity index (χ1n) is 6.60. The number of methoxy groups -OCH3 is 1. The Kier molecular flexibility index (Phi) is 3.51. The largest absolute Gasteiger partial charge is 0.497 e. The van der Waals surface area contributed by atoms with Crippen molar-refractivity contribution < 1.29 is 9.13 Å². The number of benzene rings is 2. The SMILES string of the molecule is COc1ccc(Cn2c(=S)[nH]c3cc(F)c(C)cc32)cc1.